The average Bonchev–Trinajstić information content (AvgIpc) is 3.13. The largest absolute Gasteiger partial charge is 0.494 e. The lowest BCUT2D eigenvalue weighted by molar-refractivity contribution is -0.140. The van der Waals surface area contributed by atoms with E-state index in [1.165, 1.54) is 25.9 Å². The minimum atomic E-state index is -0.812. The van der Waals surface area contributed by atoms with Crippen molar-refractivity contribution in [2.75, 3.05) is 38.2 Å². The van der Waals surface area contributed by atoms with E-state index in [0.29, 0.717) is 18.9 Å². The molecular weight excluding hydrogens is 340 g/mol. The Balaban J connectivity index is 1.80. The lowest BCUT2D eigenvalue weighted by Gasteiger charge is -2.29. The lowest BCUT2D eigenvalue weighted by Crippen LogP contribution is -2.43. The zero-order chi connectivity index (χ0) is 19.7. The summed E-state index contributed by atoms with van der Waals surface area (Å²) in [6.07, 6.45) is 4.38. The monoisotopic (exact) mass is 376 g/mol. The van der Waals surface area contributed by atoms with Crippen molar-refractivity contribution < 1.29 is 14.3 Å². The fraction of sp³-hybridized carbons (Fsp3) is 0.682. The zero-order valence-corrected chi connectivity index (χ0v) is 17.4. The topological polar surface area (TPSA) is 50.8 Å². The molecule has 1 aliphatic rings. The smallest absolute Gasteiger partial charge is 0.256 e. The van der Waals surface area contributed by atoms with Crippen molar-refractivity contribution in [1.82, 2.24) is 4.90 Å². The number of nitrogens with zero attached hydrogens (tertiary/aromatic N) is 1. The summed E-state index contributed by atoms with van der Waals surface area (Å²) in [5.41, 5.74) is -0.0488. The molecule has 5 nitrogen and oxygen atoms in total. The molecule has 2 rings (SSSR count). The van der Waals surface area contributed by atoms with Gasteiger partial charge in [-0.1, -0.05) is 13.8 Å². The van der Waals surface area contributed by atoms with Crippen LogP contribution in [0.5, 0.6) is 5.75 Å². The molecule has 0 unspecified atom stereocenters. The fourth-order valence-electron chi connectivity index (χ4n) is 3.70. The number of likely N-dealkylation sites (tertiary alicyclic amines) is 1. The molecule has 0 saturated carbocycles. The average molecular weight is 377 g/mol. The van der Waals surface area contributed by atoms with Gasteiger partial charge in [0.15, 0.2) is 0 Å². The normalized spacial score (nSPS) is 17.1. The van der Waals surface area contributed by atoms with Crippen LogP contribution in [0.4, 0.5) is 5.69 Å². The van der Waals surface area contributed by atoms with Crippen LogP contribution in [0, 0.1) is 5.92 Å². The first-order valence-electron chi connectivity index (χ1n) is 10.3. The molecule has 1 amide bonds. The van der Waals surface area contributed by atoms with Gasteiger partial charge in [0.1, 0.15) is 11.4 Å². The Hall–Kier alpha value is -1.59. The van der Waals surface area contributed by atoms with E-state index in [4.69, 9.17) is 9.47 Å². The van der Waals surface area contributed by atoms with Crippen molar-refractivity contribution in [1.29, 1.82) is 0 Å². The number of anilines is 1. The molecule has 152 valence electrons. The first kappa shape index (κ1) is 21.7. The minimum Gasteiger partial charge on any atom is -0.494 e. The van der Waals surface area contributed by atoms with Crippen molar-refractivity contribution >= 4 is 11.6 Å². The molecule has 1 aromatic carbocycles. The summed E-state index contributed by atoms with van der Waals surface area (Å²) in [6.45, 7) is 12.8. The maximum Gasteiger partial charge on any atom is 0.256 e. The highest BCUT2D eigenvalue weighted by atomic mass is 16.5. The van der Waals surface area contributed by atoms with Crippen LogP contribution in [0.3, 0.4) is 0 Å². The van der Waals surface area contributed by atoms with Gasteiger partial charge < -0.3 is 19.7 Å². The Morgan fingerprint density at radius 1 is 1.22 bits per heavy atom. The number of benzene rings is 1. The molecule has 1 aromatic rings. The standard InChI is InChI=1S/C22H36N2O3/c1-5-27-22(4,17-18(2)3)21(25)23-19-9-11-20(12-10-19)26-16-8-15-24-13-6-7-14-24/h9-12,18H,5-8,13-17H2,1-4H3,(H,23,25)/t22-/m0/s1. The molecule has 1 fully saturated rings. The summed E-state index contributed by atoms with van der Waals surface area (Å²) in [5.74, 6) is 1.12. The molecule has 0 radical (unpaired) electrons. The van der Waals surface area contributed by atoms with Gasteiger partial charge in [0.25, 0.3) is 5.91 Å². The number of carbonyl (C=O) groups excluding carboxylic acids is 1. The molecule has 0 aliphatic carbocycles. The highest BCUT2D eigenvalue weighted by Crippen LogP contribution is 2.24. The first-order chi connectivity index (χ1) is 12.9. The van der Waals surface area contributed by atoms with Crippen molar-refractivity contribution in [2.24, 2.45) is 5.92 Å². The highest BCUT2D eigenvalue weighted by Gasteiger charge is 2.34. The maximum atomic E-state index is 12.7. The third kappa shape index (κ3) is 7.15. The van der Waals surface area contributed by atoms with E-state index in [-0.39, 0.29) is 5.91 Å². The fourth-order valence-corrected chi connectivity index (χ4v) is 3.70. The van der Waals surface area contributed by atoms with Crippen molar-refractivity contribution in [3.05, 3.63) is 24.3 Å². The summed E-state index contributed by atoms with van der Waals surface area (Å²) in [6, 6.07) is 7.59. The SMILES string of the molecule is CCO[C@@](C)(CC(C)C)C(=O)Nc1ccc(OCCCN2CCCC2)cc1. The Bertz CT molecular complexity index is 567. The van der Waals surface area contributed by atoms with E-state index in [0.717, 1.165) is 31.0 Å². The van der Waals surface area contributed by atoms with E-state index in [9.17, 15) is 4.79 Å². The number of carbonyl (C=O) groups is 1. The second-order valence-electron chi connectivity index (χ2n) is 7.99. The van der Waals surface area contributed by atoms with Crippen LogP contribution in [0.15, 0.2) is 24.3 Å². The molecular formula is C22H36N2O3. The highest BCUT2D eigenvalue weighted by molar-refractivity contribution is 5.97. The number of ether oxygens (including phenoxy) is 2. The van der Waals surface area contributed by atoms with E-state index < -0.39 is 5.60 Å². The Labute approximate surface area is 164 Å². The van der Waals surface area contributed by atoms with Crippen molar-refractivity contribution in [3.8, 4) is 5.75 Å². The summed E-state index contributed by atoms with van der Waals surface area (Å²) in [5, 5.41) is 2.98. The number of hydrogen-bond acceptors (Lipinski definition) is 4. The number of amides is 1. The van der Waals surface area contributed by atoms with Gasteiger partial charge in [-0.2, -0.15) is 0 Å². The molecule has 5 heteroatoms. The predicted octanol–water partition coefficient (Wildman–Crippen LogP) is 4.33. The van der Waals surface area contributed by atoms with Gasteiger partial charge in [-0.15, -0.1) is 0 Å². The van der Waals surface area contributed by atoms with Crippen LogP contribution in [-0.2, 0) is 9.53 Å². The van der Waals surface area contributed by atoms with Crippen LogP contribution in [0.2, 0.25) is 0 Å². The number of nitrogens with one attached hydrogen (secondary N) is 1. The van der Waals surface area contributed by atoms with Crippen LogP contribution < -0.4 is 10.1 Å². The van der Waals surface area contributed by atoms with Crippen LogP contribution in [0.25, 0.3) is 0 Å². The second-order valence-corrected chi connectivity index (χ2v) is 7.99. The van der Waals surface area contributed by atoms with Crippen LogP contribution in [0.1, 0.15) is 53.4 Å². The third-order valence-corrected chi connectivity index (χ3v) is 4.94. The Morgan fingerprint density at radius 2 is 1.89 bits per heavy atom. The molecule has 1 N–H and O–H groups in total. The van der Waals surface area contributed by atoms with E-state index in [2.05, 4.69) is 24.1 Å². The second kappa shape index (κ2) is 10.7. The van der Waals surface area contributed by atoms with Gasteiger partial charge in [-0.05, 0) is 82.8 Å². The van der Waals surface area contributed by atoms with Crippen molar-refractivity contribution in [2.45, 2.75) is 59.0 Å². The van der Waals surface area contributed by atoms with Gasteiger partial charge in [0.2, 0.25) is 0 Å². The molecule has 1 aliphatic heterocycles. The molecule has 27 heavy (non-hydrogen) atoms. The molecule has 1 saturated heterocycles. The molecule has 0 spiro atoms. The van der Waals surface area contributed by atoms with Gasteiger partial charge in [-0.25, -0.2) is 0 Å². The minimum absolute atomic E-state index is 0.0997. The van der Waals surface area contributed by atoms with Crippen LogP contribution in [-0.4, -0.2) is 49.3 Å². The quantitative estimate of drug-likeness (QED) is 0.584. The Morgan fingerprint density at radius 3 is 2.48 bits per heavy atom. The van der Waals surface area contributed by atoms with Gasteiger partial charge in [-0.3, -0.25) is 4.79 Å². The zero-order valence-electron chi connectivity index (χ0n) is 17.4. The number of hydrogen-bond donors (Lipinski definition) is 1. The first-order valence-corrected chi connectivity index (χ1v) is 10.3. The molecule has 0 aromatic heterocycles. The summed E-state index contributed by atoms with van der Waals surface area (Å²) >= 11 is 0. The van der Waals surface area contributed by atoms with Crippen LogP contribution >= 0.6 is 0 Å². The lowest BCUT2D eigenvalue weighted by atomic mass is 9.93. The summed E-state index contributed by atoms with van der Waals surface area (Å²) in [4.78, 5) is 15.2. The summed E-state index contributed by atoms with van der Waals surface area (Å²) < 4.78 is 11.6. The van der Waals surface area contributed by atoms with E-state index >= 15 is 0 Å². The molecule has 1 atom stereocenters. The van der Waals surface area contributed by atoms with E-state index in [1.807, 2.05) is 38.1 Å². The van der Waals surface area contributed by atoms with Crippen molar-refractivity contribution in [3.63, 3.8) is 0 Å². The Kier molecular flexibility index (Phi) is 8.58. The predicted molar refractivity (Wildman–Crippen MR) is 110 cm³/mol. The van der Waals surface area contributed by atoms with E-state index in [1.54, 1.807) is 0 Å². The third-order valence-electron chi connectivity index (χ3n) is 4.94. The van der Waals surface area contributed by atoms with Gasteiger partial charge in [0.05, 0.1) is 6.61 Å². The van der Waals surface area contributed by atoms with Gasteiger partial charge >= 0.3 is 0 Å². The summed E-state index contributed by atoms with van der Waals surface area (Å²) in [7, 11) is 0. The maximum absolute atomic E-state index is 12.7. The number of rotatable bonds is 11. The molecule has 0 bridgehead atoms. The van der Waals surface area contributed by atoms with Gasteiger partial charge in [0, 0.05) is 18.8 Å². The molecule has 1 heterocycles.